The summed E-state index contributed by atoms with van der Waals surface area (Å²) in [4.78, 5) is 2.42. The van der Waals surface area contributed by atoms with Crippen LogP contribution in [0.15, 0.2) is 200 Å². The van der Waals surface area contributed by atoms with E-state index in [9.17, 15) is 0 Å². The SMILES string of the molecule is CC1(C)c2ccccc2-c2ccc(N(c3ccc(-c4ccccc4)cc3)c3ccc(-c4cccc5c4sc4c5ccc5c4c4ccccc4n5C4(C)C=CC=CC4)cc3)cc21. The molecule has 2 aliphatic carbocycles. The largest absolute Gasteiger partial charge is 0.331 e. The van der Waals surface area contributed by atoms with Gasteiger partial charge in [0.2, 0.25) is 0 Å². The topological polar surface area (TPSA) is 8.17 Å². The molecule has 10 aromatic rings. The fourth-order valence-electron chi connectivity index (χ4n) is 10.5. The Kier molecular flexibility index (Phi) is 7.98. The Morgan fingerprint density at radius 3 is 1.90 bits per heavy atom. The Morgan fingerprint density at radius 1 is 0.475 bits per heavy atom. The van der Waals surface area contributed by atoms with Gasteiger partial charge in [0.25, 0.3) is 0 Å². The Bertz CT molecular complexity index is 3420. The predicted molar refractivity (Wildman–Crippen MR) is 262 cm³/mol. The van der Waals surface area contributed by atoms with Gasteiger partial charge in [0.05, 0.1) is 11.1 Å². The summed E-state index contributed by atoms with van der Waals surface area (Å²) in [7, 11) is 0. The summed E-state index contributed by atoms with van der Waals surface area (Å²) in [6, 6.07) is 65.4. The average Bonchev–Trinajstić information content (AvgIpc) is 3.93. The molecule has 12 rings (SSSR count). The van der Waals surface area contributed by atoms with Crippen molar-refractivity contribution < 1.29 is 0 Å². The second-order valence-electron chi connectivity index (χ2n) is 17.5. The zero-order chi connectivity index (χ0) is 40.9. The van der Waals surface area contributed by atoms with Gasteiger partial charge in [0.1, 0.15) is 0 Å². The lowest BCUT2D eigenvalue weighted by Gasteiger charge is -2.31. The highest BCUT2D eigenvalue weighted by Crippen LogP contribution is 2.51. The molecule has 2 nitrogen and oxygen atoms in total. The molecule has 0 N–H and O–H groups in total. The standard InChI is InChI=1S/C58H44N2S/c1-57(2)50-21-10-8-17-45(50)46-32-31-43(37-51(46)57)59(41-27-23-39(24-28-41)38-15-6-4-7-16-38)42-29-25-40(26-30-42)44-19-14-20-47-48-33-34-53-54(56(48)61-55(44)47)49-18-9-11-22-52(49)60(53)58(3)35-12-5-13-36-58/h4-35,37H,36H2,1-3H3. The Hall–Kier alpha value is -6.94. The van der Waals surface area contributed by atoms with Crippen molar-refractivity contribution in [2.75, 3.05) is 4.90 Å². The maximum atomic E-state index is 2.57. The van der Waals surface area contributed by atoms with E-state index in [2.05, 4.69) is 230 Å². The number of anilines is 3. The number of para-hydroxylation sites is 1. The van der Waals surface area contributed by atoms with Crippen molar-refractivity contribution >= 4 is 70.4 Å². The van der Waals surface area contributed by atoms with Crippen LogP contribution in [0.1, 0.15) is 38.3 Å². The molecule has 0 aliphatic heterocycles. The smallest absolute Gasteiger partial charge is 0.0643 e. The summed E-state index contributed by atoms with van der Waals surface area (Å²) in [6.45, 7) is 7.08. The van der Waals surface area contributed by atoms with Gasteiger partial charge in [-0.2, -0.15) is 0 Å². The molecule has 0 fully saturated rings. The van der Waals surface area contributed by atoms with Crippen LogP contribution in [-0.2, 0) is 11.0 Å². The lowest BCUT2D eigenvalue weighted by atomic mass is 9.82. The van der Waals surface area contributed by atoms with Crippen molar-refractivity contribution in [1.82, 2.24) is 4.57 Å². The van der Waals surface area contributed by atoms with E-state index < -0.39 is 0 Å². The van der Waals surface area contributed by atoms with Gasteiger partial charge in [-0.05, 0) is 106 Å². The molecule has 1 atom stereocenters. The highest BCUT2D eigenvalue weighted by atomic mass is 32.1. The van der Waals surface area contributed by atoms with E-state index in [1.54, 1.807) is 0 Å². The minimum Gasteiger partial charge on any atom is -0.331 e. The fourth-order valence-corrected chi connectivity index (χ4v) is 11.9. The van der Waals surface area contributed by atoms with Crippen molar-refractivity contribution in [2.24, 2.45) is 0 Å². The van der Waals surface area contributed by atoms with Gasteiger partial charge < -0.3 is 9.47 Å². The number of rotatable bonds is 6. The van der Waals surface area contributed by atoms with Crippen LogP contribution in [-0.4, -0.2) is 4.57 Å². The second kappa shape index (κ2) is 13.5. The van der Waals surface area contributed by atoms with Crippen LogP contribution >= 0.6 is 11.3 Å². The third kappa shape index (κ3) is 5.47. The quantitative estimate of drug-likeness (QED) is 0.163. The van der Waals surface area contributed by atoms with Gasteiger partial charge in [-0.25, -0.2) is 0 Å². The van der Waals surface area contributed by atoms with Crippen molar-refractivity contribution in [1.29, 1.82) is 0 Å². The van der Waals surface area contributed by atoms with Crippen LogP contribution < -0.4 is 4.90 Å². The van der Waals surface area contributed by atoms with Gasteiger partial charge in [0.15, 0.2) is 0 Å². The number of fused-ring (bicyclic) bond motifs is 10. The molecule has 0 saturated heterocycles. The first-order valence-electron chi connectivity index (χ1n) is 21.4. The minimum absolute atomic E-state index is 0.0970. The molecule has 2 heterocycles. The average molecular weight is 801 g/mol. The molecule has 0 radical (unpaired) electrons. The van der Waals surface area contributed by atoms with Gasteiger partial charge in [-0.15, -0.1) is 11.3 Å². The maximum absolute atomic E-state index is 2.57. The molecule has 1 unspecified atom stereocenters. The number of aromatic nitrogens is 1. The second-order valence-corrected chi connectivity index (χ2v) is 18.5. The van der Waals surface area contributed by atoms with Gasteiger partial charge in [0, 0.05) is 58.9 Å². The minimum atomic E-state index is -0.133. The molecular weight excluding hydrogens is 757 g/mol. The summed E-state index contributed by atoms with van der Waals surface area (Å²) < 4.78 is 5.26. The summed E-state index contributed by atoms with van der Waals surface area (Å²) in [6.07, 6.45) is 9.99. The maximum Gasteiger partial charge on any atom is 0.0643 e. The zero-order valence-electron chi connectivity index (χ0n) is 34.6. The number of nitrogens with zero attached hydrogens (tertiary/aromatic N) is 2. The van der Waals surface area contributed by atoms with Crippen molar-refractivity contribution in [3.05, 3.63) is 211 Å². The van der Waals surface area contributed by atoms with E-state index in [0.29, 0.717) is 0 Å². The third-order valence-electron chi connectivity index (χ3n) is 13.5. The van der Waals surface area contributed by atoms with Crippen LogP contribution in [0.5, 0.6) is 0 Å². The summed E-state index contributed by atoms with van der Waals surface area (Å²) in [5, 5.41) is 5.31. The van der Waals surface area contributed by atoms with Crippen LogP contribution in [0, 0.1) is 0 Å². The molecule has 2 aromatic heterocycles. The summed E-state index contributed by atoms with van der Waals surface area (Å²) >= 11 is 1.94. The van der Waals surface area contributed by atoms with E-state index in [-0.39, 0.29) is 11.0 Å². The Labute approximate surface area is 361 Å². The van der Waals surface area contributed by atoms with Crippen molar-refractivity contribution in [2.45, 2.75) is 38.1 Å². The lowest BCUT2D eigenvalue weighted by molar-refractivity contribution is 0.437. The van der Waals surface area contributed by atoms with E-state index in [4.69, 9.17) is 0 Å². The van der Waals surface area contributed by atoms with Crippen LogP contribution in [0.3, 0.4) is 0 Å². The van der Waals surface area contributed by atoms with E-state index in [1.165, 1.54) is 86.5 Å². The molecule has 2 aliphatic rings. The first-order chi connectivity index (χ1) is 29.9. The highest BCUT2D eigenvalue weighted by molar-refractivity contribution is 7.27. The molecule has 292 valence electrons. The third-order valence-corrected chi connectivity index (χ3v) is 14.8. The van der Waals surface area contributed by atoms with Gasteiger partial charge >= 0.3 is 0 Å². The molecule has 61 heavy (non-hydrogen) atoms. The summed E-state index contributed by atoms with van der Waals surface area (Å²) in [5.74, 6) is 0. The highest BCUT2D eigenvalue weighted by Gasteiger charge is 2.36. The monoisotopic (exact) mass is 800 g/mol. The first-order valence-corrected chi connectivity index (χ1v) is 22.2. The number of hydrogen-bond acceptors (Lipinski definition) is 2. The first kappa shape index (κ1) is 36.0. The van der Waals surface area contributed by atoms with E-state index in [0.717, 1.165) is 23.5 Å². The number of thiophene rings is 1. The van der Waals surface area contributed by atoms with Gasteiger partial charge in [-0.1, -0.05) is 166 Å². The molecule has 0 saturated carbocycles. The molecule has 0 amide bonds. The molecule has 3 heteroatoms. The molecule has 0 bridgehead atoms. The lowest BCUT2D eigenvalue weighted by Crippen LogP contribution is -2.27. The number of hydrogen-bond donors (Lipinski definition) is 0. The molecular formula is C58H44N2S. The number of benzene rings is 8. The zero-order valence-corrected chi connectivity index (χ0v) is 35.4. The Morgan fingerprint density at radius 2 is 1.11 bits per heavy atom. The number of allylic oxidation sites excluding steroid dienone is 4. The molecule has 0 spiro atoms. The Balaban J connectivity index is 0.984. The van der Waals surface area contributed by atoms with E-state index in [1.807, 2.05) is 11.3 Å². The van der Waals surface area contributed by atoms with Crippen LogP contribution in [0.25, 0.3) is 75.4 Å². The van der Waals surface area contributed by atoms with Crippen molar-refractivity contribution in [3.8, 4) is 33.4 Å². The van der Waals surface area contributed by atoms with E-state index >= 15 is 0 Å². The molecule has 8 aromatic carbocycles. The normalized spacial score (nSPS) is 16.4. The van der Waals surface area contributed by atoms with Crippen LogP contribution in [0.2, 0.25) is 0 Å². The fraction of sp³-hybridized carbons (Fsp3) is 0.103. The van der Waals surface area contributed by atoms with Crippen LogP contribution in [0.4, 0.5) is 17.1 Å². The van der Waals surface area contributed by atoms with Crippen molar-refractivity contribution in [3.63, 3.8) is 0 Å². The predicted octanol–water partition coefficient (Wildman–Crippen LogP) is 16.5. The summed E-state index contributed by atoms with van der Waals surface area (Å²) in [5.41, 5.74) is 16.1. The van der Waals surface area contributed by atoms with Gasteiger partial charge in [-0.3, -0.25) is 0 Å².